The normalized spacial score (nSPS) is 11.0. The fourth-order valence-electron chi connectivity index (χ4n) is 1.55. The van der Waals surface area contributed by atoms with Gasteiger partial charge < -0.3 is 24.8 Å². The van der Waals surface area contributed by atoms with Crippen LogP contribution in [0.25, 0.3) is 0 Å². The third-order valence-corrected chi connectivity index (χ3v) is 2.61. The van der Waals surface area contributed by atoms with Crippen molar-refractivity contribution in [1.82, 2.24) is 10.6 Å². The number of hydrogen-bond acceptors (Lipinski definition) is 5. The molecule has 0 unspecified atom stereocenters. The molecule has 0 saturated carbocycles. The maximum Gasteiger partial charge on any atom is 0.220 e. The van der Waals surface area contributed by atoms with Crippen molar-refractivity contribution >= 4 is 5.91 Å². The Kier molecular flexibility index (Phi) is 15.2. The van der Waals surface area contributed by atoms with E-state index in [-0.39, 0.29) is 12.0 Å². The molecule has 0 radical (unpaired) electrons. The van der Waals surface area contributed by atoms with Gasteiger partial charge in [0.15, 0.2) is 0 Å². The topological polar surface area (TPSA) is 68.8 Å². The van der Waals surface area contributed by atoms with Gasteiger partial charge in [0.2, 0.25) is 5.91 Å². The first kappa shape index (κ1) is 20.3. The predicted molar refractivity (Wildman–Crippen MR) is 83.5 cm³/mol. The van der Waals surface area contributed by atoms with Crippen LogP contribution in [0.2, 0.25) is 0 Å². The molecule has 1 amide bonds. The van der Waals surface area contributed by atoms with Gasteiger partial charge in [-0.05, 0) is 26.8 Å². The van der Waals surface area contributed by atoms with Crippen LogP contribution in [0.4, 0.5) is 0 Å². The lowest BCUT2D eigenvalue weighted by atomic mass is 10.3. The van der Waals surface area contributed by atoms with E-state index in [4.69, 9.17) is 14.2 Å². The van der Waals surface area contributed by atoms with Gasteiger partial charge in [0.05, 0.1) is 32.5 Å². The lowest BCUT2D eigenvalue weighted by molar-refractivity contribution is -0.121. The average molecular weight is 304 g/mol. The summed E-state index contributed by atoms with van der Waals surface area (Å²) in [6.07, 6.45) is 1.48. The summed E-state index contributed by atoms with van der Waals surface area (Å²) in [4.78, 5) is 11.5. The summed E-state index contributed by atoms with van der Waals surface area (Å²) < 4.78 is 16.1. The molecule has 0 rings (SSSR count). The highest BCUT2D eigenvalue weighted by Gasteiger charge is 2.01. The molecule has 126 valence electrons. The zero-order valence-corrected chi connectivity index (χ0v) is 13.8. The number of nitrogens with one attached hydrogen (secondary N) is 2. The second kappa shape index (κ2) is 15.7. The van der Waals surface area contributed by atoms with Crippen LogP contribution >= 0.6 is 0 Å². The summed E-state index contributed by atoms with van der Waals surface area (Å²) in [5.74, 6) is 0.0489. The molecule has 0 spiro atoms. The van der Waals surface area contributed by atoms with E-state index >= 15 is 0 Å². The first-order valence-electron chi connectivity index (χ1n) is 7.91. The molecule has 0 aliphatic rings. The Balaban J connectivity index is 3.14. The smallest absolute Gasteiger partial charge is 0.220 e. The number of likely N-dealkylation sites (N-methyl/N-ethyl adjacent to an activating group) is 1. The summed E-state index contributed by atoms with van der Waals surface area (Å²) in [5.41, 5.74) is 0. The molecule has 0 fully saturated rings. The van der Waals surface area contributed by atoms with E-state index in [2.05, 4.69) is 17.6 Å². The van der Waals surface area contributed by atoms with Gasteiger partial charge in [0, 0.05) is 26.1 Å². The molecule has 6 nitrogen and oxygen atoms in total. The van der Waals surface area contributed by atoms with Crippen molar-refractivity contribution in [2.75, 3.05) is 52.7 Å². The molecule has 21 heavy (non-hydrogen) atoms. The van der Waals surface area contributed by atoms with Crippen LogP contribution in [0.15, 0.2) is 0 Å². The maximum atomic E-state index is 11.5. The van der Waals surface area contributed by atoms with E-state index in [0.717, 1.165) is 19.5 Å². The van der Waals surface area contributed by atoms with Gasteiger partial charge in [-0.2, -0.15) is 0 Å². The van der Waals surface area contributed by atoms with Crippen LogP contribution < -0.4 is 10.6 Å². The molecule has 0 aliphatic heterocycles. The van der Waals surface area contributed by atoms with Crippen molar-refractivity contribution < 1.29 is 19.0 Å². The zero-order chi connectivity index (χ0) is 15.8. The summed E-state index contributed by atoms with van der Waals surface area (Å²) in [7, 11) is 0. The number of hydrogen-bond donors (Lipinski definition) is 2. The van der Waals surface area contributed by atoms with E-state index in [1.807, 2.05) is 13.8 Å². The first-order chi connectivity index (χ1) is 10.2. The van der Waals surface area contributed by atoms with Crippen LogP contribution in [-0.2, 0) is 19.0 Å². The molecule has 0 aliphatic carbocycles. The van der Waals surface area contributed by atoms with Gasteiger partial charge in [-0.3, -0.25) is 4.79 Å². The minimum absolute atomic E-state index is 0.0489. The number of carbonyl (C=O) groups is 1. The molecule has 0 saturated heterocycles. The maximum absolute atomic E-state index is 11.5. The van der Waals surface area contributed by atoms with Crippen LogP contribution in [0.3, 0.4) is 0 Å². The van der Waals surface area contributed by atoms with Gasteiger partial charge in [-0.15, -0.1) is 0 Å². The van der Waals surface area contributed by atoms with Crippen molar-refractivity contribution in [3.05, 3.63) is 0 Å². The number of ether oxygens (including phenoxy) is 3. The van der Waals surface area contributed by atoms with Gasteiger partial charge in [0.25, 0.3) is 0 Å². The largest absolute Gasteiger partial charge is 0.379 e. The molecular formula is C15H32N2O4. The molecule has 0 heterocycles. The van der Waals surface area contributed by atoms with Crippen molar-refractivity contribution in [1.29, 1.82) is 0 Å². The van der Waals surface area contributed by atoms with Gasteiger partial charge >= 0.3 is 0 Å². The third kappa shape index (κ3) is 17.3. The predicted octanol–water partition coefficient (Wildman–Crippen LogP) is 0.951. The molecule has 0 aromatic heterocycles. The molecular weight excluding hydrogens is 272 g/mol. The van der Waals surface area contributed by atoms with Gasteiger partial charge in [0.1, 0.15) is 0 Å². The second-order valence-corrected chi connectivity index (χ2v) is 4.95. The molecule has 6 heteroatoms. The summed E-state index contributed by atoms with van der Waals surface area (Å²) in [5, 5.41) is 6.00. The number of rotatable bonds is 15. The lowest BCUT2D eigenvalue weighted by Gasteiger charge is -2.08. The van der Waals surface area contributed by atoms with Crippen molar-refractivity contribution in [3.8, 4) is 0 Å². The van der Waals surface area contributed by atoms with Gasteiger partial charge in [-0.1, -0.05) is 6.92 Å². The fourth-order valence-corrected chi connectivity index (χ4v) is 1.55. The fraction of sp³-hybridized carbons (Fsp3) is 0.933. The summed E-state index contributed by atoms with van der Waals surface area (Å²) in [6.45, 7) is 11.4. The Labute approximate surface area is 128 Å². The van der Waals surface area contributed by atoms with E-state index in [1.54, 1.807) is 0 Å². The van der Waals surface area contributed by atoms with E-state index in [1.165, 1.54) is 0 Å². The lowest BCUT2D eigenvalue weighted by Crippen LogP contribution is -2.27. The van der Waals surface area contributed by atoms with E-state index < -0.39 is 0 Å². The third-order valence-electron chi connectivity index (χ3n) is 2.61. The molecule has 0 aromatic carbocycles. The average Bonchev–Trinajstić information content (AvgIpc) is 2.45. The van der Waals surface area contributed by atoms with Crippen LogP contribution in [0, 0.1) is 0 Å². The number of amides is 1. The van der Waals surface area contributed by atoms with Crippen molar-refractivity contribution in [3.63, 3.8) is 0 Å². The van der Waals surface area contributed by atoms with E-state index in [9.17, 15) is 4.79 Å². The van der Waals surface area contributed by atoms with Gasteiger partial charge in [-0.25, -0.2) is 0 Å². The molecule has 0 atom stereocenters. The Bertz CT molecular complexity index is 238. The van der Waals surface area contributed by atoms with Crippen LogP contribution in [0.1, 0.15) is 33.6 Å². The monoisotopic (exact) mass is 304 g/mol. The molecule has 2 N–H and O–H groups in total. The number of carbonyl (C=O) groups excluding carboxylic acids is 1. The Morgan fingerprint density at radius 1 is 1.00 bits per heavy atom. The zero-order valence-electron chi connectivity index (χ0n) is 13.8. The van der Waals surface area contributed by atoms with Crippen molar-refractivity contribution in [2.24, 2.45) is 0 Å². The second-order valence-electron chi connectivity index (χ2n) is 4.95. The Hall–Kier alpha value is -0.690. The molecule has 0 aromatic rings. The standard InChI is InChI=1S/C15H32N2O4/c1-4-16-7-10-19-12-13-20-11-8-17-15(18)6-5-9-21-14(2)3/h14,16H,4-13H2,1-3H3,(H,17,18). The highest BCUT2D eigenvalue weighted by Crippen LogP contribution is 1.94. The highest BCUT2D eigenvalue weighted by atomic mass is 16.5. The Morgan fingerprint density at radius 2 is 1.67 bits per heavy atom. The van der Waals surface area contributed by atoms with Crippen molar-refractivity contribution in [2.45, 2.75) is 39.7 Å². The summed E-state index contributed by atoms with van der Waals surface area (Å²) >= 11 is 0. The minimum Gasteiger partial charge on any atom is -0.379 e. The minimum atomic E-state index is 0.0489. The highest BCUT2D eigenvalue weighted by molar-refractivity contribution is 5.75. The SMILES string of the molecule is CCNCCOCCOCCNC(=O)CCCOC(C)C. The summed E-state index contributed by atoms with van der Waals surface area (Å²) in [6, 6.07) is 0. The van der Waals surface area contributed by atoms with Crippen LogP contribution in [-0.4, -0.2) is 64.7 Å². The first-order valence-corrected chi connectivity index (χ1v) is 7.91. The molecule has 0 bridgehead atoms. The van der Waals surface area contributed by atoms with Crippen LogP contribution in [0.5, 0.6) is 0 Å². The van der Waals surface area contributed by atoms with E-state index in [0.29, 0.717) is 46.0 Å². The quantitative estimate of drug-likeness (QED) is 0.441. The Morgan fingerprint density at radius 3 is 2.29 bits per heavy atom.